The van der Waals surface area contributed by atoms with E-state index in [-0.39, 0.29) is 0 Å². The molecule has 0 unspecified atom stereocenters. The first-order valence-corrected chi connectivity index (χ1v) is 9.38. The maximum Gasteiger partial charge on any atom is 0.416 e. The monoisotopic (exact) mass is 405 g/mol. The quantitative estimate of drug-likeness (QED) is 0.387. The molecule has 8 heteroatoms. The number of aromatic nitrogens is 3. The fourth-order valence-corrected chi connectivity index (χ4v) is 3.48. The second-order valence-electron chi connectivity index (χ2n) is 5.92. The van der Waals surface area contributed by atoms with Gasteiger partial charge in [-0.1, -0.05) is 30.0 Å². The molecule has 0 aliphatic carbocycles. The van der Waals surface area contributed by atoms with Crippen LogP contribution in [-0.2, 0) is 18.5 Å². The van der Waals surface area contributed by atoms with Crippen LogP contribution in [0.4, 0.5) is 13.2 Å². The van der Waals surface area contributed by atoms with Gasteiger partial charge in [0.25, 0.3) is 0 Å². The van der Waals surface area contributed by atoms with Crippen LogP contribution in [0.5, 0.6) is 5.75 Å². The van der Waals surface area contributed by atoms with Crippen LogP contribution in [0.3, 0.4) is 0 Å². The van der Waals surface area contributed by atoms with Crippen molar-refractivity contribution >= 4 is 11.8 Å². The summed E-state index contributed by atoms with van der Waals surface area (Å²) < 4.78 is 45.1. The number of alkyl halides is 3. The molecule has 0 spiro atoms. The Morgan fingerprint density at radius 3 is 2.32 bits per heavy atom. The molecule has 0 bridgehead atoms. The predicted octanol–water partition coefficient (Wildman–Crippen LogP) is 5.45. The van der Waals surface area contributed by atoms with Crippen LogP contribution in [0.1, 0.15) is 11.1 Å². The number of methoxy groups -OCH3 is 1. The van der Waals surface area contributed by atoms with Crippen molar-refractivity contribution < 1.29 is 17.9 Å². The number of hydrogen-bond acceptors (Lipinski definition) is 4. The first-order valence-electron chi connectivity index (χ1n) is 8.40. The zero-order valence-corrected chi connectivity index (χ0v) is 15.9. The molecule has 0 aliphatic rings. The number of allylic oxidation sites excluding steroid dienone is 1. The average Bonchev–Trinajstić information content (AvgIpc) is 3.09. The lowest BCUT2D eigenvalue weighted by Gasteiger charge is -2.09. The van der Waals surface area contributed by atoms with Crippen molar-refractivity contribution in [3.8, 4) is 17.1 Å². The zero-order valence-electron chi connectivity index (χ0n) is 15.1. The maximum atomic E-state index is 12.7. The van der Waals surface area contributed by atoms with Crippen molar-refractivity contribution in [2.75, 3.05) is 7.11 Å². The Hall–Kier alpha value is -2.74. The highest BCUT2D eigenvalue weighted by atomic mass is 32.2. The summed E-state index contributed by atoms with van der Waals surface area (Å²) in [5.41, 5.74) is 1.01. The van der Waals surface area contributed by atoms with Crippen molar-refractivity contribution in [3.63, 3.8) is 0 Å². The molecule has 1 heterocycles. The normalized spacial score (nSPS) is 11.4. The van der Waals surface area contributed by atoms with Gasteiger partial charge in [0, 0.05) is 17.9 Å². The van der Waals surface area contributed by atoms with Gasteiger partial charge in [0.1, 0.15) is 5.75 Å². The van der Waals surface area contributed by atoms with Gasteiger partial charge in [-0.25, -0.2) is 0 Å². The van der Waals surface area contributed by atoms with E-state index < -0.39 is 11.7 Å². The van der Waals surface area contributed by atoms with Gasteiger partial charge in [0.15, 0.2) is 11.0 Å². The van der Waals surface area contributed by atoms with Gasteiger partial charge in [-0.15, -0.1) is 16.8 Å². The Kier molecular flexibility index (Phi) is 6.08. The number of benzene rings is 2. The third-order valence-corrected chi connectivity index (χ3v) is 5.06. The summed E-state index contributed by atoms with van der Waals surface area (Å²) in [6.45, 7) is 4.30. The molecule has 3 rings (SSSR count). The summed E-state index contributed by atoms with van der Waals surface area (Å²) in [7, 11) is 1.60. The second kappa shape index (κ2) is 8.52. The van der Waals surface area contributed by atoms with Crippen LogP contribution >= 0.6 is 11.8 Å². The van der Waals surface area contributed by atoms with Crippen molar-refractivity contribution in [3.05, 3.63) is 72.3 Å². The van der Waals surface area contributed by atoms with Crippen LogP contribution in [0, 0.1) is 0 Å². The van der Waals surface area contributed by atoms with Crippen molar-refractivity contribution in [1.29, 1.82) is 0 Å². The summed E-state index contributed by atoms with van der Waals surface area (Å²) >= 11 is 1.41. The Morgan fingerprint density at radius 2 is 1.75 bits per heavy atom. The van der Waals surface area contributed by atoms with E-state index in [1.54, 1.807) is 13.2 Å². The lowest BCUT2D eigenvalue weighted by molar-refractivity contribution is -0.137. The van der Waals surface area contributed by atoms with Crippen LogP contribution in [0.2, 0.25) is 0 Å². The molecular weight excluding hydrogens is 387 g/mol. The maximum absolute atomic E-state index is 12.7. The molecule has 3 aromatic rings. The third-order valence-electron chi connectivity index (χ3n) is 4.03. The molecule has 0 radical (unpaired) electrons. The highest BCUT2D eigenvalue weighted by Gasteiger charge is 2.29. The first-order chi connectivity index (χ1) is 13.4. The number of thioether (sulfide) groups is 1. The Morgan fingerprint density at radius 1 is 1.07 bits per heavy atom. The number of rotatable bonds is 7. The molecule has 2 aromatic carbocycles. The minimum atomic E-state index is -4.33. The second-order valence-corrected chi connectivity index (χ2v) is 6.86. The Balaban J connectivity index is 1.78. The van der Waals surface area contributed by atoms with Gasteiger partial charge < -0.3 is 4.74 Å². The van der Waals surface area contributed by atoms with Crippen LogP contribution < -0.4 is 4.74 Å². The molecule has 0 saturated carbocycles. The van der Waals surface area contributed by atoms with Crippen LogP contribution in [0.25, 0.3) is 11.4 Å². The van der Waals surface area contributed by atoms with E-state index in [4.69, 9.17) is 4.74 Å². The molecule has 28 heavy (non-hydrogen) atoms. The summed E-state index contributed by atoms with van der Waals surface area (Å²) in [6, 6.07) is 12.6. The summed E-state index contributed by atoms with van der Waals surface area (Å²) in [5, 5.41) is 9.19. The molecule has 0 aliphatic heterocycles. The van der Waals surface area contributed by atoms with Crippen LogP contribution in [0.15, 0.2) is 66.3 Å². The Labute approximate surface area is 165 Å². The fraction of sp³-hybridized carbons (Fsp3) is 0.200. The van der Waals surface area contributed by atoms with Crippen LogP contribution in [-0.4, -0.2) is 21.9 Å². The van der Waals surface area contributed by atoms with Gasteiger partial charge in [0.05, 0.1) is 12.7 Å². The Bertz CT molecular complexity index is 935. The molecule has 0 N–H and O–H groups in total. The zero-order chi connectivity index (χ0) is 20.1. The molecule has 4 nitrogen and oxygen atoms in total. The van der Waals surface area contributed by atoms with Crippen molar-refractivity contribution in [2.24, 2.45) is 0 Å². The van der Waals surface area contributed by atoms with Gasteiger partial charge in [-0.05, 0) is 42.0 Å². The smallest absolute Gasteiger partial charge is 0.416 e. The largest absolute Gasteiger partial charge is 0.497 e. The molecule has 0 fully saturated rings. The van der Waals surface area contributed by atoms with E-state index in [9.17, 15) is 13.2 Å². The number of ether oxygens (including phenoxy) is 1. The number of halogens is 3. The van der Waals surface area contributed by atoms with E-state index in [1.165, 1.54) is 23.9 Å². The molecule has 0 atom stereocenters. The van der Waals surface area contributed by atoms with E-state index in [0.29, 0.717) is 23.3 Å². The minimum Gasteiger partial charge on any atom is -0.497 e. The summed E-state index contributed by atoms with van der Waals surface area (Å²) in [5.74, 6) is 1.92. The number of hydrogen-bond donors (Lipinski definition) is 0. The standard InChI is InChI=1S/C20H18F3N3OS/c1-3-12-26-18(15-6-10-17(27-2)11-7-15)24-25-19(26)28-13-14-4-8-16(9-5-14)20(21,22)23/h3-11H,1,12-13H2,2H3. The van der Waals surface area contributed by atoms with Gasteiger partial charge in [-0.2, -0.15) is 13.2 Å². The predicted molar refractivity (Wildman–Crippen MR) is 103 cm³/mol. The summed E-state index contributed by atoms with van der Waals surface area (Å²) in [4.78, 5) is 0. The molecule has 146 valence electrons. The highest BCUT2D eigenvalue weighted by Crippen LogP contribution is 2.31. The minimum absolute atomic E-state index is 0.482. The third kappa shape index (κ3) is 4.56. The lowest BCUT2D eigenvalue weighted by Crippen LogP contribution is -2.04. The summed E-state index contributed by atoms with van der Waals surface area (Å²) in [6.07, 6.45) is -2.58. The van der Waals surface area contributed by atoms with E-state index in [0.717, 1.165) is 29.0 Å². The lowest BCUT2D eigenvalue weighted by atomic mass is 10.1. The van der Waals surface area contributed by atoms with E-state index in [2.05, 4.69) is 16.8 Å². The van der Waals surface area contributed by atoms with Crippen molar-refractivity contribution in [1.82, 2.24) is 14.8 Å². The van der Waals surface area contributed by atoms with Gasteiger partial charge >= 0.3 is 6.18 Å². The van der Waals surface area contributed by atoms with E-state index in [1.807, 2.05) is 28.8 Å². The fourth-order valence-electron chi connectivity index (χ4n) is 2.58. The SMILES string of the molecule is C=CCn1c(SCc2ccc(C(F)(F)F)cc2)nnc1-c1ccc(OC)cc1. The van der Waals surface area contributed by atoms with E-state index >= 15 is 0 Å². The molecule has 0 saturated heterocycles. The number of nitrogens with zero attached hydrogens (tertiary/aromatic N) is 3. The molecule has 0 amide bonds. The van der Waals surface area contributed by atoms with Gasteiger partial charge in [-0.3, -0.25) is 4.57 Å². The first kappa shape index (κ1) is 20.0. The average molecular weight is 405 g/mol. The van der Waals surface area contributed by atoms with Crippen molar-refractivity contribution in [2.45, 2.75) is 23.6 Å². The molecular formula is C20H18F3N3OS. The topological polar surface area (TPSA) is 39.9 Å². The van der Waals surface area contributed by atoms with Gasteiger partial charge in [0.2, 0.25) is 0 Å². The molecule has 1 aromatic heterocycles. The highest BCUT2D eigenvalue weighted by molar-refractivity contribution is 7.98.